The van der Waals surface area contributed by atoms with Crippen LogP contribution in [0.2, 0.25) is 0 Å². The fourth-order valence-electron chi connectivity index (χ4n) is 5.39. The summed E-state index contributed by atoms with van der Waals surface area (Å²) < 4.78 is 5.40. The standard InChI is InChI=1S/C32H42N4O5/c1-5-21(4)28(35-31(40)41-19-22-11-7-6-8-12-22)29(38)36-32(30(39)34-27(18-37)20(2)3)16-15-26-24(17-32)23-13-9-10-14-25(23)33-26/h6-14,20-21,27-28,33,37H,5,15-19H2,1-4H3,(H,34,39)(H,35,40)(H,36,38)/t21-,27+,28-,32-/m0/s1. The second-order valence-corrected chi connectivity index (χ2v) is 11.5. The van der Waals surface area contributed by atoms with Crippen molar-refractivity contribution in [2.24, 2.45) is 11.8 Å². The van der Waals surface area contributed by atoms with Crippen molar-refractivity contribution in [1.82, 2.24) is 20.9 Å². The summed E-state index contributed by atoms with van der Waals surface area (Å²) in [5.74, 6) is -1.01. The molecule has 4 atom stereocenters. The van der Waals surface area contributed by atoms with Crippen molar-refractivity contribution in [2.75, 3.05) is 6.61 Å². The molecule has 220 valence electrons. The van der Waals surface area contributed by atoms with Crippen LogP contribution in [-0.4, -0.2) is 52.2 Å². The van der Waals surface area contributed by atoms with Gasteiger partial charge in [-0.15, -0.1) is 0 Å². The van der Waals surface area contributed by atoms with Crippen molar-refractivity contribution in [3.05, 3.63) is 71.4 Å². The molecule has 1 heterocycles. The Hall–Kier alpha value is -3.85. The maximum Gasteiger partial charge on any atom is 0.408 e. The Labute approximate surface area is 241 Å². The summed E-state index contributed by atoms with van der Waals surface area (Å²) in [7, 11) is 0. The number of hydrogen-bond donors (Lipinski definition) is 5. The number of ether oxygens (including phenoxy) is 1. The Morgan fingerprint density at radius 3 is 2.41 bits per heavy atom. The number of aliphatic hydroxyl groups is 1. The number of nitrogens with one attached hydrogen (secondary N) is 4. The van der Waals surface area contributed by atoms with E-state index in [0.29, 0.717) is 19.3 Å². The fraction of sp³-hybridized carbons (Fsp3) is 0.469. The maximum absolute atomic E-state index is 14.0. The average Bonchev–Trinajstić information content (AvgIpc) is 3.35. The molecule has 0 bridgehead atoms. The molecule has 0 saturated heterocycles. The molecule has 2 aromatic carbocycles. The number of fused-ring (bicyclic) bond motifs is 3. The van der Waals surface area contributed by atoms with Gasteiger partial charge in [0.1, 0.15) is 18.2 Å². The van der Waals surface area contributed by atoms with Gasteiger partial charge in [0.15, 0.2) is 0 Å². The van der Waals surface area contributed by atoms with Crippen LogP contribution in [0.5, 0.6) is 0 Å². The molecule has 0 unspecified atom stereocenters. The number of carbonyl (C=O) groups is 3. The number of hydrogen-bond acceptors (Lipinski definition) is 5. The smallest absolute Gasteiger partial charge is 0.408 e. The van der Waals surface area contributed by atoms with Crippen LogP contribution < -0.4 is 16.0 Å². The largest absolute Gasteiger partial charge is 0.445 e. The van der Waals surface area contributed by atoms with Crippen LogP contribution in [0.1, 0.15) is 57.4 Å². The van der Waals surface area contributed by atoms with E-state index >= 15 is 0 Å². The van der Waals surface area contributed by atoms with Gasteiger partial charge in [-0.3, -0.25) is 9.59 Å². The summed E-state index contributed by atoms with van der Waals surface area (Å²) >= 11 is 0. The number of aryl methyl sites for hydroxylation is 1. The fourth-order valence-corrected chi connectivity index (χ4v) is 5.39. The van der Waals surface area contributed by atoms with Gasteiger partial charge in [0.05, 0.1) is 12.6 Å². The number of carbonyl (C=O) groups excluding carboxylic acids is 3. The summed E-state index contributed by atoms with van der Waals surface area (Å²) in [4.78, 5) is 44.1. The van der Waals surface area contributed by atoms with Gasteiger partial charge in [-0.1, -0.05) is 82.6 Å². The number of aromatic amines is 1. The van der Waals surface area contributed by atoms with Crippen molar-refractivity contribution >= 4 is 28.8 Å². The van der Waals surface area contributed by atoms with Gasteiger partial charge in [-0.25, -0.2) is 4.79 Å². The molecule has 5 N–H and O–H groups in total. The third kappa shape index (κ3) is 6.90. The van der Waals surface area contributed by atoms with Crippen LogP contribution in [0.25, 0.3) is 10.9 Å². The van der Waals surface area contributed by atoms with Crippen LogP contribution in [0, 0.1) is 11.8 Å². The average molecular weight is 563 g/mol. The van der Waals surface area contributed by atoms with Crippen molar-refractivity contribution < 1.29 is 24.2 Å². The molecule has 41 heavy (non-hydrogen) atoms. The van der Waals surface area contributed by atoms with Crippen molar-refractivity contribution in [1.29, 1.82) is 0 Å². The van der Waals surface area contributed by atoms with Crippen molar-refractivity contribution in [2.45, 2.75) is 77.6 Å². The van der Waals surface area contributed by atoms with Gasteiger partial charge >= 0.3 is 6.09 Å². The van der Waals surface area contributed by atoms with Crippen LogP contribution in [0.15, 0.2) is 54.6 Å². The lowest BCUT2D eigenvalue weighted by Gasteiger charge is -2.39. The molecular weight excluding hydrogens is 520 g/mol. The first-order chi connectivity index (χ1) is 19.7. The number of aliphatic hydroxyl groups excluding tert-OH is 1. The SMILES string of the molecule is CC[C@H](C)[C@H](NC(=O)OCc1ccccc1)C(=O)N[C@@]1(C(=O)N[C@H](CO)C(C)C)CCc2[nH]c3ccccc3c2C1. The lowest BCUT2D eigenvalue weighted by Crippen LogP contribution is -2.66. The highest BCUT2D eigenvalue weighted by Crippen LogP contribution is 2.34. The molecule has 3 amide bonds. The number of aromatic nitrogens is 1. The van der Waals surface area contributed by atoms with Crippen molar-refractivity contribution in [3.8, 4) is 0 Å². The molecule has 0 saturated carbocycles. The zero-order valence-electron chi connectivity index (χ0n) is 24.3. The molecule has 1 aliphatic carbocycles. The van der Waals surface area contributed by atoms with E-state index in [9.17, 15) is 19.5 Å². The van der Waals surface area contributed by atoms with E-state index in [1.54, 1.807) is 0 Å². The number of alkyl carbamates (subject to hydrolysis) is 1. The van der Waals surface area contributed by atoms with E-state index in [1.807, 2.05) is 82.3 Å². The Bertz CT molecular complexity index is 1350. The van der Waals surface area contributed by atoms with Gasteiger partial charge in [0.2, 0.25) is 11.8 Å². The first-order valence-corrected chi connectivity index (χ1v) is 14.5. The number of H-pyrrole nitrogens is 1. The third-order valence-electron chi connectivity index (χ3n) is 8.28. The summed E-state index contributed by atoms with van der Waals surface area (Å²) in [6, 6.07) is 15.9. The second kappa shape index (κ2) is 13.2. The molecule has 1 aromatic heterocycles. The molecule has 4 rings (SSSR count). The van der Waals surface area contributed by atoms with Gasteiger partial charge in [0.25, 0.3) is 0 Å². The van der Waals surface area contributed by atoms with Crippen LogP contribution >= 0.6 is 0 Å². The highest BCUT2D eigenvalue weighted by molar-refractivity contribution is 5.96. The predicted octanol–water partition coefficient (Wildman–Crippen LogP) is 3.99. The Morgan fingerprint density at radius 1 is 1.02 bits per heavy atom. The predicted molar refractivity (Wildman–Crippen MR) is 158 cm³/mol. The number of rotatable bonds is 11. The van der Waals surface area contributed by atoms with E-state index in [-0.39, 0.29) is 37.4 Å². The van der Waals surface area contributed by atoms with Gasteiger partial charge < -0.3 is 30.8 Å². The highest BCUT2D eigenvalue weighted by Gasteiger charge is 2.46. The Morgan fingerprint density at radius 2 is 1.73 bits per heavy atom. The first-order valence-electron chi connectivity index (χ1n) is 14.5. The molecule has 3 aromatic rings. The van der Waals surface area contributed by atoms with E-state index in [2.05, 4.69) is 20.9 Å². The summed E-state index contributed by atoms with van der Waals surface area (Å²) in [6.45, 7) is 7.54. The summed E-state index contributed by atoms with van der Waals surface area (Å²) in [5, 5.41) is 19.8. The topological polar surface area (TPSA) is 133 Å². The molecule has 0 spiro atoms. The number of para-hydroxylation sites is 1. The highest BCUT2D eigenvalue weighted by atomic mass is 16.5. The minimum atomic E-state index is -1.27. The van der Waals surface area contributed by atoms with E-state index in [4.69, 9.17) is 4.74 Å². The van der Waals surface area contributed by atoms with Crippen LogP contribution in [0.4, 0.5) is 4.79 Å². The molecular formula is C32H42N4O5. The zero-order chi connectivity index (χ0) is 29.6. The second-order valence-electron chi connectivity index (χ2n) is 11.5. The van der Waals surface area contributed by atoms with Crippen LogP contribution in [-0.2, 0) is 33.8 Å². The number of benzene rings is 2. The van der Waals surface area contributed by atoms with Gasteiger partial charge in [-0.2, -0.15) is 0 Å². The molecule has 0 fully saturated rings. The molecule has 1 aliphatic rings. The first kappa shape index (κ1) is 30.1. The zero-order valence-corrected chi connectivity index (χ0v) is 24.3. The van der Waals surface area contributed by atoms with Crippen LogP contribution in [0.3, 0.4) is 0 Å². The normalized spacial score (nSPS) is 18.7. The van der Waals surface area contributed by atoms with E-state index in [1.165, 1.54) is 0 Å². The van der Waals surface area contributed by atoms with Gasteiger partial charge in [-0.05, 0) is 41.9 Å². The molecule has 9 nitrogen and oxygen atoms in total. The lowest BCUT2D eigenvalue weighted by molar-refractivity contribution is -0.136. The Balaban J connectivity index is 1.59. The molecule has 0 aliphatic heterocycles. The van der Waals surface area contributed by atoms with Crippen molar-refractivity contribution in [3.63, 3.8) is 0 Å². The summed E-state index contributed by atoms with van der Waals surface area (Å²) in [6.07, 6.45) is 1.14. The molecule has 0 radical (unpaired) electrons. The van der Waals surface area contributed by atoms with Gasteiger partial charge in [0, 0.05) is 23.0 Å². The molecule has 9 heteroatoms. The lowest BCUT2D eigenvalue weighted by atomic mass is 9.78. The Kier molecular flexibility index (Phi) is 9.70. The minimum absolute atomic E-state index is 0.00199. The third-order valence-corrected chi connectivity index (χ3v) is 8.28. The monoisotopic (exact) mass is 562 g/mol. The minimum Gasteiger partial charge on any atom is -0.445 e. The van der Waals surface area contributed by atoms with E-state index < -0.39 is 29.6 Å². The van der Waals surface area contributed by atoms with E-state index in [0.717, 1.165) is 27.7 Å². The quantitative estimate of drug-likeness (QED) is 0.241. The summed E-state index contributed by atoms with van der Waals surface area (Å²) in [5.41, 5.74) is 2.59. The maximum atomic E-state index is 14.0. The number of amides is 3.